The summed E-state index contributed by atoms with van der Waals surface area (Å²) in [6, 6.07) is 30.4. The molecule has 0 aromatic heterocycles. The monoisotopic (exact) mass is 1420 g/mol. The molecule has 0 saturated carbocycles. The number of phenols is 4. The molecule has 0 unspecified atom stereocenters. The second-order valence-corrected chi connectivity index (χ2v) is 19.1. The molecule has 0 atom stereocenters. The molecule has 0 bridgehead atoms. The van der Waals surface area contributed by atoms with Gasteiger partial charge in [0.2, 0.25) is 0 Å². The van der Waals surface area contributed by atoms with Gasteiger partial charge in [0.15, 0.2) is 11.6 Å². The number of alkyl halides is 4. The third-order valence-corrected chi connectivity index (χ3v) is 11.2. The van der Waals surface area contributed by atoms with Crippen LogP contribution in [0, 0.1) is 49.9 Å². The van der Waals surface area contributed by atoms with Gasteiger partial charge < -0.3 is 29.9 Å². The number of halogens is 16. The molecule has 0 aliphatic rings. The number of aromatic hydroxyl groups is 4. The smallest absolute Gasteiger partial charge is 0.387 e. The Kier molecular flexibility index (Phi) is 30.0. The summed E-state index contributed by atoms with van der Waals surface area (Å²) in [4.78, 5) is 0. The van der Waals surface area contributed by atoms with Crippen LogP contribution in [0.25, 0.3) is 0 Å². The van der Waals surface area contributed by atoms with E-state index in [2.05, 4.69) is 121 Å². The summed E-state index contributed by atoms with van der Waals surface area (Å²) in [7, 11) is 0. The van der Waals surface area contributed by atoms with Gasteiger partial charge >= 0.3 is 13.2 Å². The predicted molar refractivity (Wildman–Crippen MR) is 273 cm³/mol. The average molecular weight is 1430 g/mol. The van der Waals surface area contributed by atoms with E-state index in [1.807, 2.05) is 26.8 Å². The van der Waals surface area contributed by atoms with E-state index in [0.717, 1.165) is 27.2 Å². The highest BCUT2D eigenvalue weighted by Crippen LogP contribution is 2.30. The van der Waals surface area contributed by atoms with Crippen LogP contribution in [0.3, 0.4) is 0 Å². The normalized spacial score (nSPS) is 9.87. The van der Waals surface area contributed by atoms with Crippen molar-refractivity contribution in [3.63, 3.8) is 0 Å². The molecular formula is C47H36Br7F9O6. The maximum atomic E-state index is 12.5. The molecule has 0 fully saturated rings. The van der Waals surface area contributed by atoms with Crippen molar-refractivity contribution >= 4 is 112 Å². The fourth-order valence-corrected chi connectivity index (χ4v) is 7.58. The molecule has 22 heteroatoms. The van der Waals surface area contributed by atoms with Crippen molar-refractivity contribution in [2.24, 2.45) is 0 Å². The SMILES string of the molecule is Cc1cc(F)cc(Br)c1.Cc1ccc(F)c(Br)c1.Cc1ccc(OC(F)F)c(Br)c1.Oc1cc(F)cc(Br)c1.Oc1ccc(F)c(Br)c1.Oc1ccc(OC(F)F)c(Br)c1.Oc1cccc(Br)c1F. The average Bonchev–Trinajstić information content (AvgIpc) is 3.22. The summed E-state index contributed by atoms with van der Waals surface area (Å²) in [5, 5.41) is 35.1. The Hall–Kier alpha value is -3.93. The van der Waals surface area contributed by atoms with Gasteiger partial charge in [-0.15, -0.1) is 0 Å². The zero-order valence-corrected chi connectivity index (χ0v) is 46.5. The Bertz CT molecular complexity index is 2410. The quantitative estimate of drug-likeness (QED) is 0.131. The summed E-state index contributed by atoms with van der Waals surface area (Å²) >= 11 is 21.2. The van der Waals surface area contributed by atoms with Crippen molar-refractivity contribution in [1.82, 2.24) is 0 Å². The molecule has 0 radical (unpaired) electrons. The third-order valence-electron chi connectivity index (χ3n) is 7.20. The van der Waals surface area contributed by atoms with Crippen LogP contribution in [-0.2, 0) is 0 Å². The van der Waals surface area contributed by atoms with Crippen molar-refractivity contribution in [3.8, 4) is 34.5 Å². The Morgan fingerprint density at radius 1 is 0.391 bits per heavy atom. The van der Waals surface area contributed by atoms with Crippen molar-refractivity contribution in [3.05, 3.63) is 204 Å². The van der Waals surface area contributed by atoms with Crippen LogP contribution in [0.15, 0.2) is 159 Å². The minimum absolute atomic E-state index is 0.00259. The van der Waals surface area contributed by atoms with Crippen LogP contribution >= 0.6 is 112 Å². The first-order chi connectivity index (χ1) is 32.2. The van der Waals surface area contributed by atoms with Gasteiger partial charge in [-0.2, -0.15) is 17.6 Å². The number of aryl methyl sites for hydroxylation is 3. The predicted octanol–water partition coefficient (Wildman–Crippen LogP) is 18.8. The summed E-state index contributed by atoms with van der Waals surface area (Å²) in [6.07, 6.45) is 0. The van der Waals surface area contributed by atoms with Gasteiger partial charge in [-0.05, 0) is 220 Å². The summed E-state index contributed by atoms with van der Waals surface area (Å²) in [5.74, 6) is -2.01. The molecular weight excluding hydrogens is 1390 g/mol. The Balaban J connectivity index is 0.000000404. The Labute approximate surface area is 450 Å². The second-order valence-electron chi connectivity index (χ2n) is 13.0. The minimum Gasteiger partial charge on any atom is -0.508 e. The summed E-state index contributed by atoms with van der Waals surface area (Å²) < 4.78 is 120. The molecule has 7 aromatic rings. The minimum atomic E-state index is -2.86. The zero-order chi connectivity index (χ0) is 52.5. The molecule has 7 rings (SSSR count). The van der Waals surface area contributed by atoms with E-state index in [4.69, 9.17) is 20.4 Å². The van der Waals surface area contributed by atoms with Crippen LogP contribution < -0.4 is 9.47 Å². The van der Waals surface area contributed by atoms with Crippen molar-refractivity contribution in [1.29, 1.82) is 0 Å². The van der Waals surface area contributed by atoms with Gasteiger partial charge in [0.05, 0.1) is 22.4 Å². The molecule has 0 spiro atoms. The standard InChI is InChI=1S/C8H7BrF2O.C7H5BrF2O2.2C7H6BrF.3C6H4BrFO/c1-5-2-3-7(6(9)4-5)12-8(10)11;8-5-3-4(11)1-2-6(5)12-7(9)10;1-5-2-6(8)4-7(9)3-5;1-5-2-3-7(9)6(8)4-5;7-4-1-5(8)3-6(9)2-4;7-5-3-4(9)1-2-6(5)8;7-4-2-1-3-5(9)6(4)8/h2-4,8H,1H3;1-3,7,11H;2*2-4H,1H3;3*1-3,9H. The lowest BCUT2D eigenvalue weighted by Gasteiger charge is -2.06. The van der Waals surface area contributed by atoms with Crippen LogP contribution in [0.1, 0.15) is 16.7 Å². The number of ether oxygens (including phenoxy) is 2. The highest BCUT2D eigenvalue weighted by atomic mass is 79.9. The number of phenolic OH excluding ortho intramolecular Hbond substituents is 4. The molecule has 0 aliphatic carbocycles. The summed E-state index contributed by atoms with van der Waals surface area (Å²) in [5.41, 5.74) is 2.98. The first kappa shape index (κ1) is 63.1. The van der Waals surface area contributed by atoms with Gasteiger partial charge in [-0.25, -0.2) is 22.0 Å². The van der Waals surface area contributed by atoms with E-state index in [9.17, 15) is 39.5 Å². The lowest BCUT2D eigenvalue weighted by atomic mass is 10.2. The van der Waals surface area contributed by atoms with E-state index < -0.39 is 24.9 Å². The van der Waals surface area contributed by atoms with E-state index in [1.54, 1.807) is 30.3 Å². The summed E-state index contributed by atoms with van der Waals surface area (Å²) in [6.45, 7) is 0.0180. The van der Waals surface area contributed by atoms with Crippen molar-refractivity contribution < 1.29 is 69.4 Å². The lowest BCUT2D eigenvalue weighted by Crippen LogP contribution is -2.02. The Morgan fingerprint density at radius 2 is 0.812 bits per heavy atom. The molecule has 7 aromatic carbocycles. The van der Waals surface area contributed by atoms with Crippen LogP contribution in [0.2, 0.25) is 0 Å². The third kappa shape index (κ3) is 27.9. The first-order valence-electron chi connectivity index (χ1n) is 18.6. The fraction of sp³-hybridized carbons (Fsp3) is 0.106. The number of hydrogen-bond acceptors (Lipinski definition) is 6. The number of rotatable bonds is 4. The molecule has 0 saturated heterocycles. The molecule has 4 N–H and O–H groups in total. The number of benzene rings is 7. The second kappa shape index (κ2) is 32.9. The van der Waals surface area contributed by atoms with E-state index in [-0.39, 0.29) is 60.9 Å². The lowest BCUT2D eigenvalue weighted by molar-refractivity contribution is -0.0510. The van der Waals surface area contributed by atoms with Crippen molar-refractivity contribution in [2.45, 2.75) is 34.0 Å². The van der Waals surface area contributed by atoms with Gasteiger partial charge in [0.25, 0.3) is 0 Å². The van der Waals surface area contributed by atoms with Crippen LogP contribution in [-0.4, -0.2) is 33.6 Å². The van der Waals surface area contributed by atoms with Gasteiger partial charge in [-0.1, -0.05) is 50.1 Å². The largest absolute Gasteiger partial charge is 0.508 e. The van der Waals surface area contributed by atoms with E-state index >= 15 is 0 Å². The molecule has 0 amide bonds. The molecule has 0 heterocycles. The van der Waals surface area contributed by atoms with Gasteiger partial charge in [0, 0.05) is 15.0 Å². The highest BCUT2D eigenvalue weighted by Gasteiger charge is 2.09. The van der Waals surface area contributed by atoms with Crippen molar-refractivity contribution in [2.75, 3.05) is 0 Å². The first-order valence-corrected chi connectivity index (χ1v) is 24.1. The van der Waals surface area contributed by atoms with Crippen LogP contribution in [0.4, 0.5) is 39.5 Å². The molecule has 69 heavy (non-hydrogen) atoms. The van der Waals surface area contributed by atoms with Gasteiger partial charge in [0.1, 0.15) is 52.0 Å². The maximum Gasteiger partial charge on any atom is 0.387 e. The highest BCUT2D eigenvalue weighted by molar-refractivity contribution is 9.11. The van der Waals surface area contributed by atoms with Crippen LogP contribution in [0.5, 0.6) is 34.5 Å². The van der Waals surface area contributed by atoms with E-state index in [0.29, 0.717) is 17.9 Å². The Morgan fingerprint density at radius 3 is 1.19 bits per heavy atom. The fourth-order valence-electron chi connectivity index (χ4n) is 4.29. The van der Waals surface area contributed by atoms with Gasteiger partial charge in [-0.3, -0.25) is 0 Å². The molecule has 0 aliphatic heterocycles. The topological polar surface area (TPSA) is 99.4 Å². The number of hydrogen-bond donors (Lipinski definition) is 4. The molecule has 372 valence electrons. The zero-order valence-electron chi connectivity index (χ0n) is 35.4. The van der Waals surface area contributed by atoms with E-state index in [1.165, 1.54) is 84.9 Å². The molecule has 6 nitrogen and oxygen atoms in total. The maximum absolute atomic E-state index is 12.5.